The Morgan fingerprint density at radius 3 is 2.42 bits per heavy atom. The highest BCUT2D eigenvalue weighted by atomic mass is 16.2. The van der Waals surface area contributed by atoms with E-state index < -0.39 is 0 Å². The molecule has 0 spiro atoms. The van der Waals surface area contributed by atoms with E-state index in [1.165, 1.54) is 11.1 Å². The minimum Gasteiger partial charge on any atom is -0.338 e. The lowest BCUT2D eigenvalue weighted by atomic mass is 9.83. The Labute approximate surface area is 143 Å². The number of anilines is 1. The molecule has 3 nitrogen and oxygen atoms in total. The van der Waals surface area contributed by atoms with E-state index in [1.807, 2.05) is 31.2 Å². The highest BCUT2D eigenvalue weighted by molar-refractivity contribution is 6.06. The number of carbonyl (C=O) groups is 1. The molecule has 0 aliphatic carbocycles. The van der Waals surface area contributed by atoms with Crippen LogP contribution in [0, 0.1) is 6.92 Å². The minimum absolute atomic E-state index is 0.00514. The summed E-state index contributed by atoms with van der Waals surface area (Å²) in [6, 6.07) is 14.4. The first kappa shape index (κ1) is 15.0. The predicted octanol–water partition coefficient (Wildman–Crippen LogP) is 4.44. The molecule has 2 aliphatic heterocycles. The van der Waals surface area contributed by atoms with Gasteiger partial charge < -0.3 is 10.2 Å². The summed E-state index contributed by atoms with van der Waals surface area (Å²) >= 11 is 0. The van der Waals surface area contributed by atoms with Crippen molar-refractivity contribution in [3.8, 4) is 0 Å². The van der Waals surface area contributed by atoms with Gasteiger partial charge in [-0.2, -0.15) is 0 Å². The van der Waals surface area contributed by atoms with Crippen LogP contribution >= 0.6 is 0 Å². The molecular weight excluding hydrogens is 296 g/mol. The van der Waals surface area contributed by atoms with Gasteiger partial charge in [0.15, 0.2) is 0 Å². The summed E-state index contributed by atoms with van der Waals surface area (Å²) in [7, 11) is 0. The van der Waals surface area contributed by atoms with Crippen LogP contribution in [0.25, 0.3) is 5.57 Å². The topological polar surface area (TPSA) is 32.3 Å². The molecule has 1 unspecified atom stereocenters. The monoisotopic (exact) mass is 318 g/mol. The van der Waals surface area contributed by atoms with Crippen LogP contribution < -0.4 is 10.2 Å². The zero-order valence-electron chi connectivity index (χ0n) is 14.6. The van der Waals surface area contributed by atoms with Crippen molar-refractivity contribution >= 4 is 17.2 Å². The second kappa shape index (κ2) is 4.97. The van der Waals surface area contributed by atoms with E-state index in [0.29, 0.717) is 0 Å². The van der Waals surface area contributed by atoms with E-state index in [4.69, 9.17) is 0 Å². The molecule has 0 aromatic heterocycles. The lowest BCUT2D eigenvalue weighted by Gasteiger charge is -2.51. The van der Waals surface area contributed by atoms with E-state index in [1.54, 1.807) is 0 Å². The standard InChI is InChI=1S/C21H22N2O/c1-13-10-16-14(2)12-21(3,4)23-18(16)17(11-13)20(24)22-19(23)15-8-6-5-7-9-15/h5-12,19H,1-4H3,(H,22,24). The third-order valence-corrected chi connectivity index (χ3v) is 5.00. The van der Waals surface area contributed by atoms with E-state index in [-0.39, 0.29) is 17.6 Å². The quantitative estimate of drug-likeness (QED) is 0.843. The molecule has 0 bridgehead atoms. The molecule has 2 aromatic rings. The van der Waals surface area contributed by atoms with E-state index in [9.17, 15) is 4.79 Å². The van der Waals surface area contributed by atoms with Gasteiger partial charge in [-0.05, 0) is 56.5 Å². The largest absolute Gasteiger partial charge is 0.338 e. The molecule has 2 aromatic carbocycles. The Balaban J connectivity index is 2.00. The summed E-state index contributed by atoms with van der Waals surface area (Å²) in [6.07, 6.45) is 2.14. The van der Waals surface area contributed by atoms with Crippen molar-refractivity contribution in [3.63, 3.8) is 0 Å². The summed E-state index contributed by atoms with van der Waals surface area (Å²) in [4.78, 5) is 15.2. The summed E-state index contributed by atoms with van der Waals surface area (Å²) in [5.41, 5.74) is 6.27. The van der Waals surface area contributed by atoms with Gasteiger partial charge in [0.25, 0.3) is 5.91 Å². The smallest absolute Gasteiger partial charge is 0.255 e. The van der Waals surface area contributed by atoms with Crippen LogP contribution in [0.15, 0.2) is 48.5 Å². The van der Waals surface area contributed by atoms with Crippen molar-refractivity contribution in [2.45, 2.75) is 39.4 Å². The van der Waals surface area contributed by atoms with Gasteiger partial charge in [-0.1, -0.05) is 36.4 Å². The van der Waals surface area contributed by atoms with Gasteiger partial charge >= 0.3 is 0 Å². The van der Waals surface area contributed by atoms with Crippen LogP contribution in [0.3, 0.4) is 0 Å². The van der Waals surface area contributed by atoms with Crippen LogP contribution in [0.2, 0.25) is 0 Å². The molecule has 4 rings (SSSR count). The molecule has 3 heteroatoms. The molecule has 1 N–H and O–H groups in total. The number of rotatable bonds is 1. The normalized spacial score (nSPS) is 21.0. The molecule has 1 amide bonds. The summed E-state index contributed by atoms with van der Waals surface area (Å²) in [5, 5.41) is 3.21. The molecule has 0 saturated heterocycles. The van der Waals surface area contributed by atoms with Gasteiger partial charge in [-0.25, -0.2) is 0 Å². The Bertz CT molecular complexity index is 865. The third-order valence-electron chi connectivity index (χ3n) is 5.00. The lowest BCUT2D eigenvalue weighted by molar-refractivity contribution is 0.0921. The molecule has 2 heterocycles. The zero-order valence-corrected chi connectivity index (χ0v) is 14.6. The molecule has 2 aliphatic rings. The highest BCUT2D eigenvalue weighted by Crippen LogP contribution is 2.47. The first-order valence-corrected chi connectivity index (χ1v) is 8.38. The number of hydrogen-bond acceptors (Lipinski definition) is 2. The van der Waals surface area contributed by atoms with Crippen molar-refractivity contribution in [1.82, 2.24) is 5.32 Å². The Kier molecular flexibility index (Phi) is 3.11. The average molecular weight is 318 g/mol. The van der Waals surface area contributed by atoms with Crippen molar-refractivity contribution in [2.75, 3.05) is 4.90 Å². The fourth-order valence-electron chi connectivity index (χ4n) is 4.07. The van der Waals surface area contributed by atoms with Crippen LogP contribution in [-0.4, -0.2) is 11.4 Å². The SMILES string of the molecule is CC1=CC(C)(C)N2c3c(cc(C)cc31)C(=O)NC2c1ccccc1. The Morgan fingerprint density at radius 2 is 1.71 bits per heavy atom. The van der Waals surface area contributed by atoms with Gasteiger partial charge in [0.1, 0.15) is 6.17 Å². The van der Waals surface area contributed by atoms with Gasteiger partial charge in [-0.15, -0.1) is 0 Å². The third kappa shape index (κ3) is 2.08. The molecule has 0 fully saturated rings. The second-order valence-corrected chi connectivity index (χ2v) is 7.35. The average Bonchev–Trinajstić information content (AvgIpc) is 2.53. The van der Waals surface area contributed by atoms with Crippen LogP contribution in [0.1, 0.15) is 54.0 Å². The number of carbonyl (C=O) groups excluding carboxylic acids is 1. The maximum atomic E-state index is 12.8. The Morgan fingerprint density at radius 1 is 1.04 bits per heavy atom. The molecule has 0 saturated carbocycles. The number of nitrogens with one attached hydrogen (secondary N) is 1. The number of hydrogen-bond donors (Lipinski definition) is 1. The first-order chi connectivity index (χ1) is 11.4. The number of nitrogens with zero attached hydrogens (tertiary/aromatic N) is 1. The van der Waals surface area contributed by atoms with Crippen LogP contribution in [-0.2, 0) is 0 Å². The van der Waals surface area contributed by atoms with Gasteiger partial charge in [0.05, 0.1) is 16.8 Å². The first-order valence-electron chi connectivity index (χ1n) is 8.38. The van der Waals surface area contributed by atoms with Gasteiger partial charge in [-0.3, -0.25) is 4.79 Å². The maximum absolute atomic E-state index is 12.8. The molecule has 24 heavy (non-hydrogen) atoms. The minimum atomic E-state index is -0.185. The fourth-order valence-corrected chi connectivity index (χ4v) is 4.07. The Hall–Kier alpha value is -2.55. The van der Waals surface area contributed by atoms with Crippen molar-refractivity contribution in [1.29, 1.82) is 0 Å². The molecule has 1 atom stereocenters. The van der Waals surface area contributed by atoms with Crippen LogP contribution in [0.4, 0.5) is 5.69 Å². The maximum Gasteiger partial charge on any atom is 0.255 e. The number of allylic oxidation sites excluding steroid dienone is 1. The van der Waals surface area contributed by atoms with Gasteiger partial charge in [0, 0.05) is 5.56 Å². The molecule has 122 valence electrons. The van der Waals surface area contributed by atoms with Crippen molar-refractivity contribution < 1.29 is 4.79 Å². The van der Waals surface area contributed by atoms with E-state index in [2.05, 4.69) is 55.3 Å². The highest BCUT2D eigenvalue weighted by Gasteiger charge is 2.43. The van der Waals surface area contributed by atoms with Crippen molar-refractivity contribution in [2.24, 2.45) is 0 Å². The fraction of sp³-hybridized carbons (Fsp3) is 0.286. The zero-order chi connectivity index (χ0) is 17.1. The summed E-state index contributed by atoms with van der Waals surface area (Å²) in [5.74, 6) is 0.00514. The van der Waals surface area contributed by atoms with E-state index >= 15 is 0 Å². The van der Waals surface area contributed by atoms with Crippen molar-refractivity contribution in [3.05, 3.63) is 70.8 Å². The number of amides is 1. The number of aryl methyl sites for hydroxylation is 1. The van der Waals surface area contributed by atoms with Gasteiger partial charge in [0.2, 0.25) is 0 Å². The summed E-state index contributed by atoms with van der Waals surface area (Å²) < 4.78 is 0. The van der Waals surface area contributed by atoms with E-state index in [0.717, 1.165) is 22.4 Å². The second-order valence-electron chi connectivity index (χ2n) is 7.35. The number of benzene rings is 2. The van der Waals surface area contributed by atoms with Crippen LogP contribution in [0.5, 0.6) is 0 Å². The predicted molar refractivity (Wildman–Crippen MR) is 98.0 cm³/mol. The molecular formula is C21H22N2O. The molecule has 0 radical (unpaired) electrons. The summed E-state index contributed by atoms with van der Waals surface area (Å²) in [6.45, 7) is 8.59. The lowest BCUT2D eigenvalue weighted by Crippen LogP contribution is -2.56.